The molecule has 0 heterocycles. The number of aryl methyl sites for hydroxylation is 2. The maximum Gasteiger partial charge on any atom is 0.342 e. The molecule has 4 N–H and O–H groups in total. The van der Waals surface area contributed by atoms with Crippen molar-refractivity contribution in [2.45, 2.75) is 52.9 Å². The molecule has 0 spiro atoms. The van der Waals surface area contributed by atoms with Gasteiger partial charge in [-0.1, -0.05) is 32.3 Å². The molecular weight excluding hydrogens is 360 g/mol. The Labute approximate surface area is 166 Å². The van der Waals surface area contributed by atoms with Gasteiger partial charge in [-0.05, 0) is 49.9 Å². The molecule has 0 aliphatic carbocycles. The van der Waals surface area contributed by atoms with Crippen LogP contribution in [0.25, 0.3) is 0 Å². The van der Waals surface area contributed by atoms with Crippen LogP contribution >= 0.6 is 0 Å². The zero-order valence-corrected chi connectivity index (χ0v) is 16.7. The minimum absolute atomic E-state index is 0.0759. The fraction of sp³-hybridized carbons (Fsp3) is 0.409. The number of benzene rings is 2. The lowest BCUT2D eigenvalue weighted by Crippen LogP contribution is -2.06. The van der Waals surface area contributed by atoms with Gasteiger partial charge in [0.15, 0.2) is 0 Å². The van der Waals surface area contributed by atoms with Gasteiger partial charge >= 0.3 is 5.97 Å². The lowest BCUT2D eigenvalue weighted by atomic mass is 10.1. The molecule has 2 aromatic carbocycles. The molecule has 2 aromatic rings. The molecule has 6 nitrogen and oxygen atoms in total. The van der Waals surface area contributed by atoms with Gasteiger partial charge in [-0.2, -0.15) is 0 Å². The number of rotatable bonds is 7. The summed E-state index contributed by atoms with van der Waals surface area (Å²) in [4.78, 5) is 11.3. The molecule has 0 atom stereocenters. The fourth-order valence-corrected chi connectivity index (χ4v) is 2.72. The van der Waals surface area contributed by atoms with Crippen LogP contribution in [0.3, 0.4) is 0 Å². The summed E-state index contributed by atoms with van der Waals surface area (Å²) < 4.78 is 4.75. The van der Waals surface area contributed by atoms with Gasteiger partial charge in [-0.25, -0.2) is 4.79 Å². The normalized spacial score (nSPS) is 10.1. The van der Waals surface area contributed by atoms with Crippen LogP contribution in [0.4, 0.5) is 0 Å². The van der Waals surface area contributed by atoms with Gasteiger partial charge < -0.3 is 25.2 Å². The Balaban J connectivity index is 0.000000280. The third-order valence-corrected chi connectivity index (χ3v) is 4.15. The summed E-state index contributed by atoms with van der Waals surface area (Å²) in [6.45, 7) is 5.73. The van der Waals surface area contributed by atoms with E-state index in [1.54, 1.807) is 26.0 Å². The SMILES string of the molecule is CCCCCCc1ccc(O)cc1O.CCOC(=O)c1c(C)cc(O)cc1O. The van der Waals surface area contributed by atoms with Crippen LogP contribution < -0.4 is 0 Å². The predicted molar refractivity (Wildman–Crippen MR) is 108 cm³/mol. The minimum atomic E-state index is -0.581. The lowest BCUT2D eigenvalue weighted by Gasteiger charge is -2.07. The van der Waals surface area contributed by atoms with Crippen molar-refractivity contribution in [1.82, 2.24) is 0 Å². The van der Waals surface area contributed by atoms with E-state index in [1.165, 1.54) is 31.4 Å². The fourth-order valence-electron chi connectivity index (χ4n) is 2.72. The number of hydrogen-bond acceptors (Lipinski definition) is 6. The molecule has 28 heavy (non-hydrogen) atoms. The summed E-state index contributed by atoms with van der Waals surface area (Å²) in [5.74, 6) is -0.585. The second-order valence-electron chi connectivity index (χ2n) is 6.50. The number of phenols is 4. The molecule has 0 unspecified atom stereocenters. The maximum atomic E-state index is 11.3. The van der Waals surface area contributed by atoms with Gasteiger partial charge in [-0.3, -0.25) is 0 Å². The molecule has 6 heteroatoms. The minimum Gasteiger partial charge on any atom is -0.508 e. The summed E-state index contributed by atoms with van der Waals surface area (Å²) in [6.07, 6.45) is 5.68. The number of ether oxygens (including phenoxy) is 1. The van der Waals surface area contributed by atoms with E-state index in [2.05, 4.69) is 6.92 Å². The van der Waals surface area contributed by atoms with Crippen molar-refractivity contribution in [3.63, 3.8) is 0 Å². The van der Waals surface area contributed by atoms with E-state index in [0.29, 0.717) is 5.56 Å². The Hall–Kier alpha value is -2.89. The van der Waals surface area contributed by atoms with Crippen molar-refractivity contribution >= 4 is 5.97 Å². The van der Waals surface area contributed by atoms with Gasteiger partial charge in [0.05, 0.1) is 6.61 Å². The van der Waals surface area contributed by atoms with Crippen LogP contribution in [0.2, 0.25) is 0 Å². The van der Waals surface area contributed by atoms with E-state index in [1.807, 2.05) is 0 Å². The first-order valence-corrected chi connectivity index (χ1v) is 9.50. The van der Waals surface area contributed by atoms with Crippen LogP contribution in [-0.2, 0) is 11.2 Å². The smallest absolute Gasteiger partial charge is 0.342 e. The average Bonchev–Trinajstić information content (AvgIpc) is 2.60. The number of aromatic hydroxyl groups is 4. The second kappa shape index (κ2) is 11.7. The third kappa shape index (κ3) is 7.39. The summed E-state index contributed by atoms with van der Waals surface area (Å²) >= 11 is 0. The zero-order valence-electron chi connectivity index (χ0n) is 16.7. The van der Waals surface area contributed by atoms with E-state index in [0.717, 1.165) is 24.5 Å². The van der Waals surface area contributed by atoms with E-state index >= 15 is 0 Å². The Kier molecular flexibility index (Phi) is 9.71. The monoisotopic (exact) mass is 390 g/mol. The molecule has 0 amide bonds. The summed E-state index contributed by atoms with van der Waals surface area (Å²) in [6, 6.07) is 7.31. The second-order valence-corrected chi connectivity index (χ2v) is 6.50. The topological polar surface area (TPSA) is 107 Å². The number of phenolic OH excluding ortho intramolecular Hbond substituents is 4. The molecule has 2 rings (SSSR count). The number of carbonyl (C=O) groups excluding carboxylic acids is 1. The highest BCUT2D eigenvalue weighted by molar-refractivity contribution is 5.94. The molecule has 0 aliphatic heterocycles. The van der Waals surface area contributed by atoms with Crippen molar-refractivity contribution < 1.29 is 30.0 Å². The Morgan fingerprint density at radius 3 is 2.14 bits per heavy atom. The van der Waals surface area contributed by atoms with Crippen molar-refractivity contribution in [3.8, 4) is 23.0 Å². The first kappa shape index (κ1) is 23.1. The quantitative estimate of drug-likeness (QED) is 0.399. The molecule has 0 fully saturated rings. The molecule has 0 aliphatic rings. The average molecular weight is 390 g/mol. The molecule has 0 bridgehead atoms. The van der Waals surface area contributed by atoms with Crippen molar-refractivity contribution in [1.29, 1.82) is 0 Å². The molecule has 0 radical (unpaired) electrons. The van der Waals surface area contributed by atoms with Gasteiger partial charge in [0.2, 0.25) is 0 Å². The maximum absolute atomic E-state index is 11.3. The van der Waals surface area contributed by atoms with Crippen LogP contribution in [0.15, 0.2) is 30.3 Å². The summed E-state index contributed by atoms with van der Waals surface area (Å²) in [5.41, 5.74) is 1.52. The third-order valence-electron chi connectivity index (χ3n) is 4.15. The Morgan fingerprint density at radius 1 is 0.893 bits per heavy atom. The van der Waals surface area contributed by atoms with Crippen LogP contribution in [0.5, 0.6) is 23.0 Å². The Bertz CT molecular complexity index is 747. The zero-order chi connectivity index (χ0) is 21.1. The van der Waals surface area contributed by atoms with Crippen molar-refractivity contribution in [2.24, 2.45) is 0 Å². The highest BCUT2D eigenvalue weighted by Gasteiger charge is 2.16. The van der Waals surface area contributed by atoms with E-state index in [-0.39, 0.29) is 35.2 Å². The van der Waals surface area contributed by atoms with E-state index in [9.17, 15) is 15.0 Å². The first-order chi connectivity index (χ1) is 13.3. The number of esters is 1. The Morgan fingerprint density at radius 2 is 1.57 bits per heavy atom. The van der Waals surface area contributed by atoms with Gasteiger partial charge in [0.25, 0.3) is 0 Å². The van der Waals surface area contributed by atoms with E-state index in [4.69, 9.17) is 14.9 Å². The molecule has 0 saturated heterocycles. The molecule has 0 aromatic heterocycles. The summed E-state index contributed by atoms with van der Waals surface area (Å²) in [7, 11) is 0. The standard InChI is InChI=1S/C12H18O2.C10H12O4/c1-2-3-4-5-6-10-7-8-11(13)9-12(10)14;1-3-14-10(13)9-6(2)4-7(11)5-8(9)12/h7-9,13-14H,2-6H2,1H3;4-5,11-12H,3H2,1-2H3. The predicted octanol–water partition coefficient (Wildman–Crippen LogP) is 4.80. The van der Waals surface area contributed by atoms with Crippen LogP contribution in [0, 0.1) is 6.92 Å². The van der Waals surface area contributed by atoms with Crippen molar-refractivity contribution in [2.75, 3.05) is 6.61 Å². The number of hydrogen-bond donors (Lipinski definition) is 4. The highest BCUT2D eigenvalue weighted by Crippen LogP contribution is 2.27. The number of unbranched alkanes of at least 4 members (excludes halogenated alkanes) is 3. The number of carbonyl (C=O) groups is 1. The van der Waals surface area contributed by atoms with Crippen molar-refractivity contribution in [3.05, 3.63) is 47.0 Å². The molecule has 154 valence electrons. The lowest BCUT2D eigenvalue weighted by molar-refractivity contribution is 0.0522. The van der Waals surface area contributed by atoms with Crippen LogP contribution in [0.1, 0.15) is 61.0 Å². The molecular formula is C22H30O6. The summed E-state index contributed by atoms with van der Waals surface area (Å²) in [5, 5.41) is 37.1. The van der Waals surface area contributed by atoms with Gasteiger partial charge in [0.1, 0.15) is 28.6 Å². The van der Waals surface area contributed by atoms with Gasteiger partial charge in [-0.15, -0.1) is 0 Å². The first-order valence-electron chi connectivity index (χ1n) is 9.50. The van der Waals surface area contributed by atoms with Crippen LogP contribution in [-0.4, -0.2) is 33.0 Å². The molecule has 0 saturated carbocycles. The van der Waals surface area contributed by atoms with E-state index < -0.39 is 5.97 Å². The van der Waals surface area contributed by atoms with Gasteiger partial charge in [0, 0.05) is 12.1 Å². The largest absolute Gasteiger partial charge is 0.508 e. The highest BCUT2D eigenvalue weighted by atomic mass is 16.5.